The zero-order valence-corrected chi connectivity index (χ0v) is 10.3. The van der Waals surface area contributed by atoms with Gasteiger partial charge in [-0.3, -0.25) is 4.79 Å². The maximum Gasteiger partial charge on any atom is 0.240 e. The summed E-state index contributed by atoms with van der Waals surface area (Å²) in [5.74, 6) is -0.0760. The summed E-state index contributed by atoms with van der Waals surface area (Å²) in [4.78, 5) is 11.8. The third-order valence-electron chi connectivity index (χ3n) is 2.42. The lowest BCUT2D eigenvalue weighted by Crippen LogP contribution is -2.53. The fraction of sp³-hybridized carbons (Fsp3) is 0.909. The Balaban J connectivity index is 4.00. The molecule has 1 amide bonds. The number of nitrogens with two attached hydrogens (primary N) is 1. The highest BCUT2D eigenvalue weighted by Gasteiger charge is 2.27. The van der Waals surface area contributed by atoms with Crippen molar-refractivity contribution in [3.8, 4) is 0 Å². The van der Waals surface area contributed by atoms with Crippen molar-refractivity contribution in [3.63, 3.8) is 0 Å². The second-order valence-electron chi connectivity index (χ2n) is 4.32. The van der Waals surface area contributed by atoms with E-state index in [1.165, 1.54) is 0 Å². The summed E-state index contributed by atoms with van der Waals surface area (Å²) in [5.41, 5.74) is 5.15. The normalized spacial score (nSPS) is 16.9. The molecule has 0 radical (unpaired) electrons. The van der Waals surface area contributed by atoms with E-state index in [1.54, 1.807) is 14.0 Å². The number of hydrogen-bond acceptors (Lipinski definition) is 3. The highest BCUT2D eigenvalue weighted by atomic mass is 16.5. The van der Waals surface area contributed by atoms with Gasteiger partial charge in [0, 0.05) is 19.8 Å². The summed E-state index contributed by atoms with van der Waals surface area (Å²) in [5, 5.41) is 2.90. The van der Waals surface area contributed by atoms with Crippen LogP contribution in [0, 0.1) is 0 Å². The van der Waals surface area contributed by atoms with Gasteiger partial charge < -0.3 is 15.8 Å². The van der Waals surface area contributed by atoms with Crippen molar-refractivity contribution >= 4 is 5.91 Å². The predicted molar refractivity (Wildman–Crippen MR) is 61.6 cm³/mol. The van der Waals surface area contributed by atoms with Crippen molar-refractivity contribution in [1.82, 2.24) is 5.32 Å². The molecule has 2 unspecified atom stereocenters. The lowest BCUT2D eigenvalue weighted by molar-refractivity contribution is -0.126. The zero-order chi connectivity index (χ0) is 11.9. The van der Waals surface area contributed by atoms with Crippen molar-refractivity contribution in [2.75, 3.05) is 13.7 Å². The minimum atomic E-state index is -0.754. The topological polar surface area (TPSA) is 64.4 Å². The Morgan fingerprint density at radius 3 is 2.67 bits per heavy atom. The smallest absolute Gasteiger partial charge is 0.240 e. The lowest BCUT2D eigenvalue weighted by atomic mass is 9.96. The average Bonchev–Trinajstić information content (AvgIpc) is 2.14. The van der Waals surface area contributed by atoms with Crippen LogP contribution in [0.2, 0.25) is 0 Å². The highest BCUT2D eigenvalue weighted by Crippen LogP contribution is 2.09. The first-order valence-corrected chi connectivity index (χ1v) is 5.52. The maximum absolute atomic E-state index is 11.8. The molecule has 3 N–H and O–H groups in total. The van der Waals surface area contributed by atoms with Gasteiger partial charge in [-0.05, 0) is 26.7 Å². The van der Waals surface area contributed by atoms with E-state index >= 15 is 0 Å². The zero-order valence-electron chi connectivity index (χ0n) is 10.3. The Bertz CT molecular complexity index is 193. The number of methoxy groups -OCH3 is 1. The van der Waals surface area contributed by atoms with Crippen molar-refractivity contribution in [2.45, 2.75) is 51.6 Å². The molecular weight excluding hydrogens is 192 g/mol. The van der Waals surface area contributed by atoms with Crippen LogP contribution in [-0.2, 0) is 9.53 Å². The van der Waals surface area contributed by atoms with Crippen LogP contribution in [-0.4, -0.2) is 31.2 Å². The van der Waals surface area contributed by atoms with Crippen LogP contribution >= 0.6 is 0 Å². The van der Waals surface area contributed by atoms with Crippen molar-refractivity contribution < 1.29 is 9.53 Å². The minimum absolute atomic E-state index is 0.0760. The fourth-order valence-corrected chi connectivity index (χ4v) is 1.39. The van der Waals surface area contributed by atoms with Crippen molar-refractivity contribution in [1.29, 1.82) is 0 Å². The Morgan fingerprint density at radius 1 is 1.60 bits per heavy atom. The van der Waals surface area contributed by atoms with Crippen molar-refractivity contribution in [3.05, 3.63) is 0 Å². The molecule has 0 aromatic rings. The van der Waals surface area contributed by atoms with Gasteiger partial charge >= 0.3 is 0 Å². The number of ether oxygens (including phenoxy) is 1. The standard InChI is InChI=1S/C11H24N2O2/c1-5-7-11(3,12)10(14)13-9(2)6-8-15-4/h9H,5-8,12H2,1-4H3,(H,13,14). The quantitative estimate of drug-likeness (QED) is 0.668. The molecule has 0 fully saturated rings. The molecule has 0 aliphatic heterocycles. The summed E-state index contributed by atoms with van der Waals surface area (Å²) in [7, 11) is 1.65. The molecule has 0 aliphatic carbocycles. The van der Waals surface area contributed by atoms with Crippen LogP contribution in [0.25, 0.3) is 0 Å². The molecule has 0 aromatic carbocycles. The molecule has 0 saturated carbocycles. The highest BCUT2D eigenvalue weighted by molar-refractivity contribution is 5.85. The molecule has 4 nitrogen and oxygen atoms in total. The van der Waals surface area contributed by atoms with Crippen LogP contribution in [0.5, 0.6) is 0 Å². The molecule has 90 valence electrons. The second-order valence-corrected chi connectivity index (χ2v) is 4.32. The van der Waals surface area contributed by atoms with Crippen LogP contribution in [0.4, 0.5) is 0 Å². The first-order valence-electron chi connectivity index (χ1n) is 5.52. The van der Waals surface area contributed by atoms with Crippen LogP contribution in [0.3, 0.4) is 0 Å². The Hall–Kier alpha value is -0.610. The van der Waals surface area contributed by atoms with Gasteiger partial charge in [0.05, 0.1) is 5.54 Å². The summed E-state index contributed by atoms with van der Waals surface area (Å²) in [6.45, 7) is 6.40. The third kappa shape index (κ3) is 5.74. The van der Waals surface area contributed by atoms with Gasteiger partial charge in [0.1, 0.15) is 0 Å². The lowest BCUT2D eigenvalue weighted by Gasteiger charge is -2.25. The van der Waals surface area contributed by atoms with Crippen LogP contribution in [0.1, 0.15) is 40.0 Å². The Kier molecular flexibility index (Phi) is 6.52. The van der Waals surface area contributed by atoms with E-state index in [0.717, 1.165) is 12.8 Å². The number of hydrogen-bond donors (Lipinski definition) is 2. The first kappa shape index (κ1) is 14.4. The van der Waals surface area contributed by atoms with Gasteiger partial charge in [0.25, 0.3) is 0 Å². The maximum atomic E-state index is 11.8. The van der Waals surface area contributed by atoms with Gasteiger partial charge in [0.15, 0.2) is 0 Å². The average molecular weight is 216 g/mol. The summed E-state index contributed by atoms with van der Waals surface area (Å²) in [6, 6.07) is 0.109. The van der Waals surface area contributed by atoms with Crippen LogP contribution < -0.4 is 11.1 Å². The molecule has 0 aromatic heterocycles. The summed E-state index contributed by atoms with van der Waals surface area (Å²) in [6.07, 6.45) is 2.42. The van der Waals surface area contributed by atoms with E-state index in [1.807, 2.05) is 13.8 Å². The number of carbonyl (C=O) groups excluding carboxylic acids is 1. The van der Waals surface area contributed by atoms with Gasteiger partial charge in [-0.15, -0.1) is 0 Å². The van der Waals surface area contributed by atoms with Gasteiger partial charge in [-0.1, -0.05) is 13.3 Å². The van der Waals surface area contributed by atoms with Crippen molar-refractivity contribution in [2.24, 2.45) is 5.73 Å². The van der Waals surface area contributed by atoms with Gasteiger partial charge in [-0.25, -0.2) is 0 Å². The van der Waals surface area contributed by atoms with E-state index in [4.69, 9.17) is 10.5 Å². The molecule has 0 heterocycles. The van der Waals surface area contributed by atoms with E-state index in [-0.39, 0.29) is 11.9 Å². The molecule has 2 atom stereocenters. The largest absolute Gasteiger partial charge is 0.385 e. The molecular formula is C11H24N2O2. The summed E-state index contributed by atoms with van der Waals surface area (Å²) < 4.78 is 4.94. The summed E-state index contributed by atoms with van der Waals surface area (Å²) >= 11 is 0. The first-order chi connectivity index (χ1) is 6.94. The number of rotatable bonds is 7. The Labute approximate surface area is 92.6 Å². The molecule has 0 aliphatic rings. The van der Waals surface area contributed by atoms with E-state index in [9.17, 15) is 4.79 Å². The molecule has 15 heavy (non-hydrogen) atoms. The number of amides is 1. The Morgan fingerprint density at radius 2 is 2.20 bits per heavy atom. The van der Waals surface area contributed by atoms with E-state index in [0.29, 0.717) is 13.0 Å². The molecule has 0 spiro atoms. The number of carbonyl (C=O) groups is 1. The fourth-order valence-electron chi connectivity index (χ4n) is 1.39. The molecule has 0 bridgehead atoms. The minimum Gasteiger partial charge on any atom is -0.385 e. The van der Waals surface area contributed by atoms with E-state index < -0.39 is 5.54 Å². The monoisotopic (exact) mass is 216 g/mol. The molecule has 4 heteroatoms. The predicted octanol–water partition coefficient (Wildman–Crippen LogP) is 1.05. The van der Waals surface area contributed by atoms with Gasteiger partial charge in [0.2, 0.25) is 5.91 Å². The third-order valence-corrected chi connectivity index (χ3v) is 2.42. The number of nitrogens with one attached hydrogen (secondary N) is 1. The molecule has 0 rings (SSSR count). The SMILES string of the molecule is CCCC(C)(N)C(=O)NC(C)CCOC. The van der Waals surface area contributed by atoms with E-state index in [2.05, 4.69) is 5.32 Å². The van der Waals surface area contributed by atoms with Crippen LogP contribution in [0.15, 0.2) is 0 Å². The van der Waals surface area contributed by atoms with Gasteiger partial charge in [-0.2, -0.15) is 0 Å². The second kappa shape index (κ2) is 6.80. The molecule has 0 saturated heterocycles.